The van der Waals surface area contributed by atoms with E-state index < -0.39 is 0 Å². The summed E-state index contributed by atoms with van der Waals surface area (Å²) >= 11 is 3.70. The van der Waals surface area contributed by atoms with E-state index in [4.69, 9.17) is 0 Å². The monoisotopic (exact) mass is 222 g/mol. The van der Waals surface area contributed by atoms with E-state index >= 15 is 0 Å². The zero-order valence-electron chi connectivity index (χ0n) is 6.83. The molecule has 0 heterocycles. The highest BCUT2D eigenvalue weighted by atomic mass is 79.9. The molecule has 12 heavy (non-hydrogen) atoms. The molecule has 2 fully saturated rings. The molecule has 2 aliphatic rings. The van der Waals surface area contributed by atoms with E-state index in [-0.39, 0.29) is 0 Å². The number of hydrogen-bond acceptors (Lipinski definition) is 0. The minimum atomic E-state index is 0.696. The fourth-order valence-corrected chi connectivity index (χ4v) is 3.41. The summed E-state index contributed by atoms with van der Waals surface area (Å²) in [5.41, 5.74) is 2.24. The Labute approximate surface area is 81.1 Å². The Bertz CT molecular complexity index is 306. The smallest absolute Gasteiger partial charge is 0.0214 e. The predicted octanol–water partition coefficient (Wildman–Crippen LogP) is 3.33. The standard InChI is InChI=1S/C11H11Br/c12-10-7-11(10)6-9(11)8-4-2-1-3-5-8/h1-5,9-10H,6-7H2. The SMILES string of the molecule is BrC1CC12CC2c1ccccc1. The Hall–Kier alpha value is -0.300. The number of benzene rings is 1. The molecule has 1 aromatic rings. The Morgan fingerprint density at radius 3 is 2.33 bits per heavy atom. The summed E-state index contributed by atoms with van der Waals surface area (Å²) < 4.78 is 0. The lowest BCUT2D eigenvalue weighted by atomic mass is 10.1. The minimum absolute atomic E-state index is 0.696. The Morgan fingerprint density at radius 1 is 1.17 bits per heavy atom. The van der Waals surface area contributed by atoms with Gasteiger partial charge in [-0.2, -0.15) is 0 Å². The first-order valence-corrected chi connectivity index (χ1v) is 5.43. The molecule has 0 N–H and O–H groups in total. The molecule has 0 bridgehead atoms. The average Bonchev–Trinajstić information content (AvgIpc) is 2.96. The second kappa shape index (κ2) is 2.14. The summed E-state index contributed by atoms with van der Waals surface area (Å²) in [7, 11) is 0. The molecule has 3 unspecified atom stereocenters. The summed E-state index contributed by atoms with van der Waals surface area (Å²) in [5.74, 6) is 0.864. The van der Waals surface area contributed by atoms with Crippen LogP contribution in [0, 0.1) is 5.41 Å². The largest absolute Gasteiger partial charge is 0.0884 e. The van der Waals surface area contributed by atoms with Gasteiger partial charge in [-0.05, 0) is 29.7 Å². The van der Waals surface area contributed by atoms with Crippen molar-refractivity contribution in [3.63, 3.8) is 0 Å². The van der Waals surface area contributed by atoms with Crippen LogP contribution >= 0.6 is 15.9 Å². The molecule has 62 valence electrons. The fourth-order valence-electron chi connectivity index (χ4n) is 2.30. The van der Waals surface area contributed by atoms with Crippen LogP contribution < -0.4 is 0 Å². The van der Waals surface area contributed by atoms with E-state index in [2.05, 4.69) is 46.3 Å². The molecule has 0 aromatic heterocycles. The number of hydrogen-bond donors (Lipinski definition) is 0. The summed E-state index contributed by atoms with van der Waals surface area (Å²) in [6.07, 6.45) is 2.81. The van der Waals surface area contributed by atoms with Crippen molar-refractivity contribution in [2.45, 2.75) is 23.6 Å². The fraction of sp³-hybridized carbons (Fsp3) is 0.455. The third-order valence-electron chi connectivity index (χ3n) is 3.34. The first-order valence-electron chi connectivity index (χ1n) is 4.52. The van der Waals surface area contributed by atoms with Gasteiger partial charge in [0.2, 0.25) is 0 Å². The van der Waals surface area contributed by atoms with Crippen molar-refractivity contribution in [1.82, 2.24) is 0 Å². The van der Waals surface area contributed by atoms with Crippen molar-refractivity contribution in [1.29, 1.82) is 0 Å². The minimum Gasteiger partial charge on any atom is -0.0884 e. The number of rotatable bonds is 1. The molecule has 0 radical (unpaired) electrons. The van der Waals surface area contributed by atoms with E-state index in [1.165, 1.54) is 12.8 Å². The number of halogens is 1. The van der Waals surface area contributed by atoms with E-state index in [9.17, 15) is 0 Å². The van der Waals surface area contributed by atoms with Gasteiger partial charge in [0.25, 0.3) is 0 Å². The first-order chi connectivity index (χ1) is 5.83. The highest BCUT2D eigenvalue weighted by Gasteiger charge is 2.69. The van der Waals surface area contributed by atoms with Gasteiger partial charge in [-0.15, -0.1) is 0 Å². The van der Waals surface area contributed by atoms with E-state index in [1.807, 2.05) is 0 Å². The van der Waals surface area contributed by atoms with Gasteiger partial charge in [-0.1, -0.05) is 46.3 Å². The molecule has 0 nitrogen and oxygen atoms in total. The lowest BCUT2D eigenvalue weighted by Crippen LogP contribution is -1.83. The summed E-state index contributed by atoms with van der Waals surface area (Å²) in [5, 5.41) is 0. The molecule has 2 saturated carbocycles. The van der Waals surface area contributed by atoms with Crippen molar-refractivity contribution in [2.24, 2.45) is 5.41 Å². The van der Waals surface area contributed by atoms with Crippen LogP contribution in [0.2, 0.25) is 0 Å². The van der Waals surface area contributed by atoms with E-state index in [0.29, 0.717) is 5.41 Å². The molecule has 0 saturated heterocycles. The maximum atomic E-state index is 3.70. The predicted molar refractivity (Wildman–Crippen MR) is 53.6 cm³/mol. The quantitative estimate of drug-likeness (QED) is 0.640. The lowest BCUT2D eigenvalue weighted by molar-refractivity contribution is 0.847. The molecular formula is C11H11Br. The van der Waals surface area contributed by atoms with Crippen LogP contribution in [0.3, 0.4) is 0 Å². The Morgan fingerprint density at radius 2 is 1.83 bits per heavy atom. The zero-order chi connectivity index (χ0) is 8.18. The zero-order valence-corrected chi connectivity index (χ0v) is 8.42. The van der Waals surface area contributed by atoms with Crippen LogP contribution in [0.15, 0.2) is 30.3 Å². The summed E-state index contributed by atoms with van der Waals surface area (Å²) in [4.78, 5) is 0.815. The van der Waals surface area contributed by atoms with Crippen molar-refractivity contribution >= 4 is 15.9 Å². The Kier molecular flexibility index (Phi) is 1.27. The molecule has 2 aliphatic carbocycles. The molecule has 1 heteroatoms. The third kappa shape index (κ3) is 0.832. The highest BCUT2D eigenvalue weighted by molar-refractivity contribution is 9.09. The summed E-state index contributed by atoms with van der Waals surface area (Å²) in [6.45, 7) is 0. The topological polar surface area (TPSA) is 0 Å². The van der Waals surface area contributed by atoms with E-state index in [0.717, 1.165) is 10.7 Å². The maximum Gasteiger partial charge on any atom is 0.0214 e. The maximum absolute atomic E-state index is 3.70. The molecule has 0 aliphatic heterocycles. The highest BCUT2D eigenvalue weighted by Crippen LogP contribution is 2.77. The van der Waals surface area contributed by atoms with Crippen molar-refractivity contribution in [3.05, 3.63) is 35.9 Å². The van der Waals surface area contributed by atoms with Gasteiger partial charge in [-0.3, -0.25) is 0 Å². The molecule has 1 spiro atoms. The third-order valence-corrected chi connectivity index (χ3v) is 4.58. The van der Waals surface area contributed by atoms with Crippen molar-refractivity contribution < 1.29 is 0 Å². The normalized spacial score (nSPS) is 43.1. The van der Waals surface area contributed by atoms with E-state index in [1.54, 1.807) is 5.56 Å². The first kappa shape index (κ1) is 7.14. The van der Waals surface area contributed by atoms with Gasteiger partial charge in [0.05, 0.1) is 0 Å². The van der Waals surface area contributed by atoms with Gasteiger partial charge in [0.15, 0.2) is 0 Å². The molecule has 1 aromatic carbocycles. The van der Waals surface area contributed by atoms with Gasteiger partial charge < -0.3 is 0 Å². The Balaban J connectivity index is 1.86. The molecule has 3 rings (SSSR count). The summed E-state index contributed by atoms with van der Waals surface area (Å²) in [6, 6.07) is 10.9. The van der Waals surface area contributed by atoms with Gasteiger partial charge in [0.1, 0.15) is 0 Å². The van der Waals surface area contributed by atoms with Crippen LogP contribution in [-0.2, 0) is 0 Å². The lowest BCUT2D eigenvalue weighted by Gasteiger charge is -1.96. The van der Waals surface area contributed by atoms with Crippen LogP contribution in [-0.4, -0.2) is 4.83 Å². The van der Waals surface area contributed by atoms with Crippen LogP contribution in [0.1, 0.15) is 24.3 Å². The average molecular weight is 223 g/mol. The van der Waals surface area contributed by atoms with Gasteiger partial charge in [0, 0.05) is 4.83 Å². The van der Waals surface area contributed by atoms with Crippen molar-refractivity contribution in [2.75, 3.05) is 0 Å². The second-order valence-electron chi connectivity index (χ2n) is 4.07. The molecule has 3 atom stereocenters. The molecular weight excluding hydrogens is 212 g/mol. The van der Waals surface area contributed by atoms with Gasteiger partial charge >= 0.3 is 0 Å². The number of alkyl halides is 1. The van der Waals surface area contributed by atoms with Crippen LogP contribution in [0.4, 0.5) is 0 Å². The van der Waals surface area contributed by atoms with Crippen molar-refractivity contribution in [3.8, 4) is 0 Å². The van der Waals surface area contributed by atoms with Crippen LogP contribution in [0.5, 0.6) is 0 Å². The second-order valence-corrected chi connectivity index (χ2v) is 5.18. The van der Waals surface area contributed by atoms with Gasteiger partial charge in [-0.25, -0.2) is 0 Å². The van der Waals surface area contributed by atoms with Crippen LogP contribution in [0.25, 0.3) is 0 Å². The molecule has 0 amide bonds.